The summed E-state index contributed by atoms with van der Waals surface area (Å²) in [6.45, 7) is 4.63. The summed E-state index contributed by atoms with van der Waals surface area (Å²) in [7, 11) is 0. The fourth-order valence-electron chi connectivity index (χ4n) is 14.2. The average Bonchev–Trinajstić information content (AvgIpc) is 2.13. The lowest BCUT2D eigenvalue weighted by Crippen LogP contribution is -2.59. The largest absolute Gasteiger partial charge is 0.458 e. The molecule has 12 aromatic carbocycles. The molecule has 6 nitrogen and oxygen atoms in total. The molecule has 1 aliphatic carbocycles. The number of rotatable bonds is 8. The smallest absolute Gasteiger partial charge is 0.256 e. The van der Waals surface area contributed by atoms with Crippen molar-refractivity contribution in [3.8, 4) is 34.1 Å². The van der Waals surface area contributed by atoms with Crippen LogP contribution in [0.2, 0.25) is 0 Å². The first-order valence-electron chi connectivity index (χ1n) is 28.7. The topological polar surface area (TPSA) is 31.4 Å². The molecule has 390 valence electrons. The molecule has 4 aliphatic heterocycles. The Labute approximate surface area is 484 Å². The lowest BCUT2D eigenvalue weighted by Gasteiger charge is -2.41. The number of para-hydroxylation sites is 8. The van der Waals surface area contributed by atoms with Crippen LogP contribution in [0.25, 0.3) is 11.1 Å². The van der Waals surface area contributed by atoms with Crippen LogP contribution in [0, 0.1) is 0 Å². The SMILES string of the molecule is CC1(C)c2cc3c(cc2-c2cc4c(cc21)N(c1ccccc1)c1cc(N(c2ccccc2)c2ccccc2)cc2c1B4c1ccccc1O2)B1c2ccccc2Oc2cc(N(c4ccccc4)c4ccccc4)cc(c21)N3c1ccccc1. The maximum Gasteiger partial charge on any atom is 0.256 e. The van der Waals surface area contributed by atoms with Crippen LogP contribution in [-0.4, -0.2) is 13.4 Å². The van der Waals surface area contributed by atoms with E-state index in [1.54, 1.807) is 0 Å². The van der Waals surface area contributed by atoms with Crippen molar-refractivity contribution in [2.75, 3.05) is 19.6 Å². The third kappa shape index (κ3) is 7.19. The third-order valence-electron chi connectivity index (χ3n) is 17.8. The lowest BCUT2D eigenvalue weighted by atomic mass is 9.33. The van der Waals surface area contributed by atoms with Crippen LogP contribution >= 0.6 is 0 Å². The van der Waals surface area contributed by atoms with Gasteiger partial charge in [0.1, 0.15) is 23.0 Å². The zero-order chi connectivity index (χ0) is 54.9. The van der Waals surface area contributed by atoms with Crippen LogP contribution in [-0.2, 0) is 5.41 Å². The molecule has 4 heterocycles. The average molecular weight is 1060 g/mol. The molecule has 0 atom stereocenters. The highest BCUT2D eigenvalue weighted by atomic mass is 16.5. The maximum absolute atomic E-state index is 7.17. The Hall–Kier alpha value is -10.4. The zero-order valence-electron chi connectivity index (χ0n) is 45.8. The molecule has 0 saturated carbocycles. The highest BCUT2D eigenvalue weighted by Crippen LogP contribution is 2.55. The standard InChI is InChI=1S/C75H52B2N4O2/c1-75(2)59-47-65-63(76-61-37-21-23-39-69(61)82-71-43-55(41-67(73(71)76)80(65)53-33-17-7-18-34-53)78(49-25-9-3-10-26-49)50-27-11-4-12-28-50)45-57(59)58-46-64-66(48-60(58)75)81(54-35-19-8-20-36-54)68-42-56(44-72-74(68)77(64)62-38-22-24-40-70(62)83-72)79(51-29-13-5-14-30-51)52-31-15-6-16-32-52/h3-48H,1-2H3. The molecule has 12 aromatic rings. The van der Waals surface area contributed by atoms with Crippen molar-refractivity contribution < 1.29 is 9.47 Å². The first-order valence-corrected chi connectivity index (χ1v) is 28.7. The van der Waals surface area contributed by atoms with E-state index in [0.717, 1.165) is 102 Å². The molecule has 0 saturated heterocycles. The van der Waals surface area contributed by atoms with E-state index in [1.165, 1.54) is 44.6 Å². The van der Waals surface area contributed by atoms with Crippen LogP contribution in [0.5, 0.6) is 23.0 Å². The molecule has 0 radical (unpaired) electrons. The zero-order valence-corrected chi connectivity index (χ0v) is 45.8. The Morgan fingerprint density at radius 1 is 0.301 bits per heavy atom. The summed E-state index contributed by atoms with van der Waals surface area (Å²) in [5.74, 6) is 3.46. The van der Waals surface area contributed by atoms with Gasteiger partial charge in [-0.15, -0.1) is 0 Å². The fraction of sp³-hybridized carbons (Fsp3) is 0.0400. The van der Waals surface area contributed by atoms with Gasteiger partial charge >= 0.3 is 0 Å². The van der Waals surface area contributed by atoms with Crippen molar-refractivity contribution in [3.63, 3.8) is 0 Å². The molecule has 0 amide bonds. The second-order valence-corrected chi connectivity index (χ2v) is 22.8. The van der Waals surface area contributed by atoms with Gasteiger partial charge < -0.3 is 29.1 Å². The van der Waals surface area contributed by atoms with Crippen LogP contribution in [0.15, 0.2) is 279 Å². The number of ether oxygens (including phenoxy) is 2. The van der Waals surface area contributed by atoms with Crippen LogP contribution in [0.3, 0.4) is 0 Å². The number of benzene rings is 12. The number of anilines is 12. The molecular weight excluding hydrogens is 1010 g/mol. The molecule has 17 rings (SSSR count). The Morgan fingerprint density at radius 2 is 0.627 bits per heavy atom. The van der Waals surface area contributed by atoms with Crippen molar-refractivity contribution in [2.24, 2.45) is 0 Å². The van der Waals surface area contributed by atoms with Crippen LogP contribution in [0.1, 0.15) is 25.0 Å². The molecule has 0 unspecified atom stereocenters. The molecule has 0 bridgehead atoms. The van der Waals surface area contributed by atoms with Gasteiger partial charge in [0.25, 0.3) is 13.4 Å². The van der Waals surface area contributed by atoms with E-state index in [-0.39, 0.29) is 13.4 Å². The fourth-order valence-corrected chi connectivity index (χ4v) is 14.2. The summed E-state index contributed by atoms with van der Waals surface area (Å²) in [6.07, 6.45) is 0. The minimum absolute atomic E-state index is 0.114. The maximum atomic E-state index is 7.17. The van der Waals surface area contributed by atoms with Crippen molar-refractivity contribution >= 4 is 114 Å². The quantitative estimate of drug-likeness (QED) is 0.141. The molecule has 0 fully saturated rings. The van der Waals surface area contributed by atoms with E-state index in [4.69, 9.17) is 9.47 Å². The molecule has 8 heteroatoms. The van der Waals surface area contributed by atoms with Crippen molar-refractivity contribution in [1.29, 1.82) is 0 Å². The molecule has 83 heavy (non-hydrogen) atoms. The normalized spacial score (nSPS) is 13.9. The minimum atomic E-state index is -0.407. The predicted molar refractivity (Wildman–Crippen MR) is 345 cm³/mol. The van der Waals surface area contributed by atoms with E-state index in [9.17, 15) is 0 Å². The van der Waals surface area contributed by atoms with Gasteiger partial charge in [0.05, 0.1) is 11.4 Å². The Bertz CT molecular complexity index is 4200. The summed E-state index contributed by atoms with van der Waals surface area (Å²) in [5.41, 5.74) is 24.8. The molecular formula is C75H52B2N4O2. The molecule has 0 N–H and O–H groups in total. The van der Waals surface area contributed by atoms with E-state index in [1.807, 2.05) is 0 Å². The van der Waals surface area contributed by atoms with E-state index in [2.05, 4.69) is 312 Å². The van der Waals surface area contributed by atoms with Gasteiger partial charge in [-0.1, -0.05) is 172 Å². The second-order valence-electron chi connectivity index (χ2n) is 22.8. The van der Waals surface area contributed by atoms with Gasteiger partial charge in [0.2, 0.25) is 0 Å². The lowest BCUT2D eigenvalue weighted by molar-refractivity contribution is 0.487. The van der Waals surface area contributed by atoms with Crippen LogP contribution < -0.4 is 61.9 Å². The molecule has 0 aromatic heterocycles. The number of hydrogen-bond acceptors (Lipinski definition) is 6. The van der Waals surface area contributed by atoms with Gasteiger partial charge in [0, 0.05) is 74.4 Å². The van der Waals surface area contributed by atoms with E-state index >= 15 is 0 Å². The third-order valence-corrected chi connectivity index (χ3v) is 17.8. The Balaban J connectivity index is 0.903. The minimum Gasteiger partial charge on any atom is -0.458 e. The van der Waals surface area contributed by atoms with Gasteiger partial charge in [-0.25, -0.2) is 0 Å². The summed E-state index contributed by atoms with van der Waals surface area (Å²) in [6, 6.07) is 101. The van der Waals surface area contributed by atoms with Gasteiger partial charge in [-0.3, -0.25) is 0 Å². The summed E-state index contributed by atoms with van der Waals surface area (Å²) in [4.78, 5) is 9.70. The van der Waals surface area contributed by atoms with E-state index < -0.39 is 5.41 Å². The van der Waals surface area contributed by atoms with Gasteiger partial charge in [-0.2, -0.15) is 0 Å². The van der Waals surface area contributed by atoms with Crippen LogP contribution in [0.4, 0.5) is 68.2 Å². The first-order chi connectivity index (χ1) is 40.9. The van der Waals surface area contributed by atoms with Gasteiger partial charge in [-0.05, 0) is 164 Å². The van der Waals surface area contributed by atoms with Crippen molar-refractivity contribution in [1.82, 2.24) is 0 Å². The predicted octanol–water partition coefficient (Wildman–Crippen LogP) is 15.7. The Kier molecular flexibility index (Phi) is 10.4. The monoisotopic (exact) mass is 1060 g/mol. The molecule has 0 spiro atoms. The van der Waals surface area contributed by atoms with E-state index in [0.29, 0.717) is 0 Å². The molecule has 5 aliphatic rings. The first kappa shape index (κ1) is 47.4. The highest BCUT2D eigenvalue weighted by Gasteiger charge is 2.48. The Morgan fingerprint density at radius 3 is 0.988 bits per heavy atom. The number of nitrogens with zero attached hydrogens (tertiary/aromatic N) is 4. The summed E-state index contributed by atoms with van der Waals surface area (Å²) >= 11 is 0. The summed E-state index contributed by atoms with van der Waals surface area (Å²) in [5, 5.41) is 0. The second kappa shape index (κ2) is 18.3. The number of hydrogen-bond donors (Lipinski definition) is 0. The number of fused-ring (bicyclic) bond motifs is 11. The van der Waals surface area contributed by atoms with Crippen molar-refractivity contribution in [3.05, 3.63) is 290 Å². The van der Waals surface area contributed by atoms with Crippen molar-refractivity contribution in [2.45, 2.75) is 19.3 Å². The van der Waals surface area contributed by atoms with Gasteiger partial charge in [0.15, 0.2) is 0 Å². The summed E-state index contributed by atoms with van der Waals surface area (Å²) < 4.78 is 14.3. The highest BCUT2D eigenvalue weighted by molar-refractivity contribution is 7.00.